The van der Waals surface area contributed by atoms with E-state index in [0.29, 0.717) is 32.4 Å². The standard InChI is InChI=1S/C35H54N6O5/c1-9-10-15-23(27(42)29(36)43)38-30(44)26-25-22(34(25,5)6)19-41(26)31(45)28(35(7)16-20-13-11-12-14-21(20)17-35)40-32(46)39-24(18-37-8)33(2,3)4/h11-14,22-26,28,37H,9-10,15-19H2,1-8H3,(H2,36,43)(H,38,44)(H2,39,40,46)/t22-,23?,24+,25-,26-,28+/m0/s1. The van der Waals surface area contributed by atoms with Gasteiger partial charge in [0.1, 0.15) is 12.1 Å². The van der Waals surface area contributed by atoms with Crippen LogP contribution in [0.2, 0.25) is 0 Å². The van der Waals surface area contributed by atoms with Crippen molar-refractivity contribution in [2.45, 2.75) is 105 Å². The summed E-state index contributed by atoms with van der Waals surface area (Å²) in [5, 5.41) is 12.1. The molecule has 5 amide bonds. The summed E-state index contributed by atoms with van der Waals surface area (Å²) in [6.45, 7) is 15.2. The predicted molar refractivity (Wildman–Crippen MR) is 177 cm³/mol. The first-order valence-electron chi connectivity index (χ1n) is 16.7. The van der Waals surface area contributed by atoms with Crippen molar-refractivity contribution in [3.8, 4) is 0 Å². The normalized spacial score (nSPS) is 24.2. The number of benzene rings is 1. The van der Waals surface area contributed by atoms with Crippen molar-refractivity contribution in [3.63, 3.8) is 0 Å². The highest BCUT2D eigenvalue weighted by Gasteiger charge is 2.70. The average molecular weight is 639 g/mol. The first-order chi connectivity index (χ1) is 21.5. The van der Waals surface area contributed by atoms with Gasteiger partial charge in [0.05, 0.1) is 6.04 Å². The first kappa shape index (κ1) is 35.4. The van der Waals surface area contributed by atoms with Gasteiger partial charge in [0.25, 0.3) is 5.91 Å². The number of amides is 5. The van der Waals surface area contributed by atoms with Crippen molar-refractivity contribution < 1.29 is 24.0 Å². The Bertz CT molecular complexity index is 1330. The van der Waals surface area contributed by atoms with Crippen LogP contribution in [0.1, 0.15) is 78.9 Å². The number of primary amides is 1. The van der Waals surface area contributed by atoms with E-state index in [2.05, 4.69) is 47.2 Å². The Morgan fingerprint density at radius 1 is 1.00 bits per heavy atom. The number of fused-ring (bicyclic) bond motifs is 2. The zero-order valence-corrected chi connectivity index (χ0v) is 28.8. The van der Waals surface area contributed by atoms with E-state index in [0.717, 1.165) is 17.5 Å². The number of nitrogens with two attached hydrogens (primary N) is 1. The lowest BCUT2D eigenvalue weighted by atomic mass is 9.78. The van der Waals surface area contributed by atoms with Gasteiger partial charge in [0.15, 0.2) is 0 Å². The molecule has 1 aromatic carbocycles. The summed E-state index contributed by atoms with van der Waals surface area (Å²) in [5.74, 6) is -2.74. The number of hydrogen-bond acceptors (Lipinski definition) is 6. The van der Waals surface area contributed by atoms with E-state index in [1.165, 1.54) is 0 Å². The van der Waals surface area contributed by atoms with Crippen molar-refractivity contribution in [2.75, 3.05) is 20.1 Å². The molecule has 254 valence electrons. The van der Waals surface area contributed by atoms with Crippen LogP contribution < -0.4 is 27.0 Å². The maximum Gasteiger partial charge on any atom is 0.315 e. The molecule has 1 unspecified atom stereocenters. The summed E-state index contributed by atoms with van der Waals surface area (Å²) in [6.07, 6.45) is 2.86. The minimum atomic E-state index is -1.10. The molecule has 2 aliphatic carbocycles. The summed E-state index contributed by atoms with van der Waals surface area (Å²) in [5.41, 5.74) is 6.53. The van der Waals surface area contributed by atoms with Crippen LogP contribution in [0, 0.1) is 28.1 Å². The predicted octanol–water partition coefficient (Wildman–Crippen LogP) is 2.31. The fraction of sp³-hybridized carbons (Fsp3) is 0.686. The highest BCUT2D eigenvalue weighted by atomic mass is 16.2. The van der Waals surface area contributed by atoms with Gasteiger partial charge < -0.3 is 31.9 Å². The summed E-state index contributed by atoms with van der Waals surface area (Å²) >= 11 is 0. The van der Waals surface area contributed by atoms with Crippen LogP contribution in [0.4, 0.5) is 4.79 Å². The van der Waals surface area contributed by atoms with Crippen molar-refractivity contribution >= 4 is 29.5 Å². The number of nitrogens with one attached hydrogen (secondary N) is 4. The second kappa shape index (κ2) is 13.3. The molecule has 6 N–H and O–H groups in total. The average Bonchev–Trinajstić information content (AvgIpc) is 3.29. The lowest BCUT2D eigenvalue weighted by Crippen LogP contribution is -2.63. The maximum absolute atomic E-state index is 14.8. The summed E-state index contributed by atoms with van der Waals surface area (Å²) in [6, 6.07) is 4.61. The number of hydrogen-bond donors (Lipinski definition) is 5. The Labute approximate surface area is 273 Å². The Kier molecular flexibility index (Phi) is 10.3. The van der Waals surface area contributed by atoms with Crippen molar-refractivity contribution in [1.29, 1.82) is 0 Å². The number of unbranched alkanes of at least 4 members (excludes halogenated alkanes) is 1. The number of likely N-dealkylation sites (tertiary alicyclic amines) is 1. The van der Waals surface area contributed by atoms with Gasteiger partial charge in [0.2, 0.25) is 17.6 Å². The largest absolute Gasteiger partial charge is 0.363 e. The van der Waals surface area contributed by atoms with E-state index >= 15 is 0 Å². The number of carbonyl (C=O) groups excluding carboxylic acids is 5. The van der Waals surface area contributed by atoms with E-state index < -0.39 is 47.2 Å². The third-order valence-electron chi connectivity index (χ3n) is 10.8. The molecule has 2 fully saturated rings. The van der Waals surface area contributed by atoms with Gasteiger partial charge in [-0.1, -0.05) is 85.6 Å². The van der Waals surface area contributed by atoms with Crippen LogP contribution in [-0.4, -0.2) is 78.7 Å². The zero-order valence-electron chi connectivity index (χ0n) is 28.8. The monoisotopic (exact) mass is 638 g/mol. The van der Waals surface area contributed by atoms with E-state index in [4.69, 9.17) is 5.73 Å². The molecule has 0 radical (unpaired) electrons. The number of nitrogens with zero attached hydrogens (tertiary/aromatic N) is 1. The lowest BCUT2D eigenvalue weighted by molar-refractivity contribution is -0.145. The van der Waals surface area contributed by atoms with Crippen molar-refractivity contribution in [2.24, 2.45) is 33.8 Å². The minimum absolute atomic E-state index is 0.0945. The van der Waals surface area contributed by atoms with E-state index in [1.807, 2.05) is 53.8 Å². The summed E-state index contributed by atoms with van der Waals surface area (Å²) in [7, 11) is 1.83. The number of carbonyl (C=O) groups is 5. The number of rotatable bonds is 13. The number of Topliss-reactive ketones (excluding diaryl/α,β-unsaturated/α-hetero) is 1. The van der Waals surface area contributed by atoms with Gasteiger partial charge in [-0.25, -0.2) is 4.79 Å². The molecular weight excluding hydrogens is 584 g/mol. The molecule has 1 aromatic rings. The van der Waals surface area contributed by atoms with Crippen LogP contribution in [0.3, 0.4) is 0 Å². The smallest absolute Gasteiger partial charge is 0.315 e. The Morgan fingerprint density at radius 2 is 1.61 bits per heavy atom. The van der Waals surface area contributed by atoms with Gasteiger partial charge in [-0.3, -0.25) is 19.2 Å². The van der Waals surface area contributed by atoms with E-state index in [-0.39, 0.29) is 41.0 Å². The fourth-order valence-electron chi connectivity index (χ4n) is 7.77. The molecule has 4 rings (SSSR count). The van der Waals surface area contributed by atoms with Crippen LogP contribution in [-0.2, 0) is 32.0 Å². The third kappa shape index (κ3) is 7.09. The van der Waals surface area contributed by atoms with Crippen LogP contribution in [0.15, 0.2) is 24.3 Å². The number of urea groups is 1. The molecule has 1 heterocycles. The molecule has 11 heteroatoms. The minimum Gasteiger partial charge on any atom is -0.363 e. The molecule has 11 nitrogen and oxygen atoms in total. The first-order valence-corrected chi connectivity index (χ1v) is 16.7. The maximum atomic E-state index is 14.8. The van der Waals surface area contributed by atoms with Crippen LogP contribution >= 0.6 is 0 Å². The second-order valence-electron chi connectivity index (χ2n) is 15.6. The third-order valence-corrected chi connectivity index (χ3v) is 10.8. The van der Waals surface area contributed by atoms with E-state index in [1.54, 1.807) is 4.90 Å². The topological polar surface area (TPSA) is 163 Å². The highest BCUT2D eigenvalue weighted by molar-refractivity contribution is 6.37. The Balaban J connectivity index is 1.65. The lowest BCUT2D eigenvalue weighted by Gasteiger charge is -2.40. The summed E-state index contributed by atoms with van der Waals surface area (Å²) in [4.78, 5) is 68.5. The fourth-order valence-corrected chi connectivity index (χ4v) is 7.77. The summed E-state index contributed by atoms with van der Waals surface area (Å²) < 4.78 is 0. The van der Waals surface area contributed by atoms with Crippen LogP contribution in [0.25, 0.3) is 0 Å². The molecule has 46 heavy (non-hydrogen) atoms. The number of piperidine rings is 1. The van der Waals surface area contributed by atoms with Crippen molar-refractivity contribution in [3.05, 3.63) is 35.4 Å². The molecule has 0 bridgehead atoms. The van der Waals surface area contributed by atoms with Gasteiger partial charge in [-0.05, 0) is 60.1 Å². The Hall–Kier alpha value is -3.47. The molecule has 0 aromatic heterocycles. The van der Waals surface area contributed by atoms with Gasteiger partial charge >= 0.3 is 6.03 Å². The number of ketones is 1. The SMILES string of the molecule is CCCCC(NC(=O)[C@@H]1[C@@H]2[C@H](CN1C(=O)[C@@H](NC(=O)N[C@H](CNC)C(C)(C)C)C1(C)Cc3ccccc3C1)C2(C)C)C(=O)C(N)=O. The highest BCUT2D eigenvalue weighted by Crippen LogP contribution is 2.65. The molecule has 3 aliphatic rings. The van der Waals surface area contributed by atoms with Gasteiger partial charge in [0, 0.05) is 24.5 Å². The molecule has 6 atom stereocenters. The van der Waals surface area contributed by atoms with Gasteiger partial charge in [-0.2, -0.15) is 0 Å². The molecule has 1 saturated heterocycles. The molecular formula is C35H54N6O5. The zero-order chi connectivity index (χ0) is 34.2. The number of likely N-dealkylation sites (N-methyl/N-ethyl adjacent to an activating group) is 1. The quantitative estimate of drug-likeness (QED) is 0.208. The molecule has 1 saturated carbocycles. The van der Waals surface area contributed by atoms with Crippen LogP contribution in [0.5, 0.6) is 0 Å². The molecule has 1 aliphatic heterocycles. The molecule has 0 spiro atoms. The Morgan fingerprint density at radius 3 is 2.13 bits per heavy atom. The van der Waals surface area contributed by atoms with Gasteiger partial charge in [-0.15, -0.1) is 0 Å². The second-order valence-corrected chi connectivity index (χ2v) is 15.6. The van der Waals surface area contributed by atoms with E-state index in [9.17, 15) is 24.0 Å². The van der Waals surface area contributed by atoms with Crippen molar-refractivity contribution in [1.82, 2.24) is 26.2 Å².